The SMILES string of the molecule is Clc1sccc1NCc1nnsc1Cl. The summed E-state index contributed by atoms with van der Waals surface area (Å²) < 4.78 is 5.09. The van der Waals surface area contributed by atoms with Crippen molar-refractivity contribution in [1.29, 1.82) is 0 Å². The molecule has 2 heterocycles. The summed E-state index contributed by atoms with van der Waals surface area (Å²) in [4.78, 5) is 0. The average Bonchev–Trinajstić information content (AvgIpc) is 2.72. The van der Waals surface area contributed by atoms with E-state index in [1.165, 1.54) is 22.9 Å². The molecule has 14 heavy (non-hydrogen) atoms. The maximum atomic E-state index is 5.91. The fourth-order valence-corrected chi connectivity index (χ4v) is 2.40. The van der Waals surface area contributed by atoms with E-state index in [0.717, 1.165) is 15.7 Å². The highest BCUT2D eigenvalue weighted by molar-refractivity contribution is 7.15. The van der Waals surface area contributed by atoms with Crippen LogP contribution in [0.3, 0.4) is 0 Å². The number of anilines is 1. The van der Waals surface area contributed by atoms with Gasteiger partial charge in [0.15, 0.2) is 0 Å². The molecule has 0 fully saturated rings. The van der Waals surface area contributed by atoms with Crippen LogP contribution < -0.4 is 5.32 Å². The first-order valence-corrected chi connectivity index (χ1v) is 6.12. The largest absolute Gasteiger partial charge is 0.377 e. The van der Waals surface area contributed by atoms with Gasteiger partial charge in [0.25, 0.3) is 0 Å². The zero-order valence-corrected chi connectivity index (χ0v) is 9.97. The molecule has 2 aromatic rings. The van der Waals surface area contributed by atoms with E-state index >= 15 is 0 Å². The normalized spacial score (nSPS) is 10.4. The Balaban J connectivity index is 2.02. The van der Waals surface area contributed by atoms with Crippen LogP contribution in [-0.4, -0.2) is 9.59 Å². The Kier molecular flexibility index (Phi) is 3.22. The Morgan fingerprint density at radius 2 is 2.21 bits per heavy atom. The van der Waals surface area contributed by atoms with Gasteiger partial charge in [0, 0.05) is 11.5 Å². The van der Waals surface area contributed by atoms with Gasteiger partial charge in [-0.05, 0) is 11.4 Å². The van der Waals surface area contributed by atoms with Crippen LogP contribution in [-0.2, 0) is 6.54 Å². The van der Waals surface area contributed by atoms with E-state index in [4.69, 9.17) is 23.2 Å². The molecule has 1 N–H and O–H groups in total. The summed E-state index contributed by atoms with van der Waals surface area (Å²) in [7, 11) is 0. The lowest BCUT2D eigenvalue weighted by Gasteiger charge is -2.01. The predicted molar refractivity (Wildman–Crippen MR) is 61.6 cm³/mol. The van der Waals surface area contributed by atoms with Gasteiger partial charge in [-0.2, -0.15) is 0 Å². The van der Waals surface area contributed by atoms with Crippen LogP contribution in [0.4, 0.5) is 5.69 Å². The Morgan fingerprint density at radius 1 is 1.36 bits per heavy atom. The predicted octanol–water partition coefficient (Wildman–Crippen LogP) is 3.52. The minimum Gasteiger partial charge on any atom is -0.377 e. The molecule has 7 heteroatoms. The first kappa shape index (κ1) is 10.2. The lowest BCUT2D eigenvalue weighted by Crippen LogP contribution is -1.99. The second-order valence-corrected chi connectivity index (χ2v) is 5.33. The molecular weight excluding hydrogens is 261 g/mol. The van der Waals surface area contributed by atoms with Crippen molar-refractivity contribution in [2.45, 2.75) is 6.54 Å². The van der Waals surface area contributed by atoms with Crippen molar-refractivity contribution in [2.24, 2.45) is 0 Å². The number of thiophene rings is 1. The number of rotatable bonds is 3. The monoisotopic (exact) mass is 265 g/mol. The minimum absolute atomic E-state index is 0.547. The van der Waals surface area contributed by atoms with Gasteiger partial charge in [-0.15, -0.1) is 16.4 Å². The molecule has 74 valence electrons. The quantitative estimate of drug-likeness (QED) is 0.923. The summed E-state index contributed by atoms with van der Waals surface area (Å²) >= 11 is 14.4. The second kappa shape index (κ2) is 4.44. The van der Waals surface area contributed by atoms with Crippen LogP contribution in [0, 0.1) is 0 Å². The third-order valence-corrected chi connectivity index (χ3v) is 3.73. The smallest absolute Gasteiger partial charge is 0.139 e. The van der Waals surface area contributed by atoms with Crippen molar-refractivity contribution >= 4 is 51.8 Å². The van der Waals surface area contributed by atoms with Gasteiger partial charge in [-0.3, -0.25) is 0 Å². The number of halogens is 2. The number of nitrogens with one attached hydrogen (secondary N) is 1. The zero-order valence-electron chi connectivity index (χ0n) is 6.83. The van der Waals surface area contributed by atoms with Crippen LogP contribution in [0.1, 0.15) is 5.69 Å². The topological polar surface area (TPSA) is 37.8 Å². The highest BCUT2D eigenvalue weighted by Crippen LogP contribution is 2.28. The fourth-order valence-electron chi connectivity index (χ4n) is 0.901. The number of hydrogen-bond acceptors (Lipinski definition) is 5. The van der Waals surface area contributed by atoms with Crippen molar-refractivity contribution in [3.63, 3.8) is 0 Å². The third-order valence-electron chi connectivity index (χ3n) is 1.57. The van der Waals surface area contributed by atoms with Crippen LogP contribution in [0.2, 0.25) is 8.67 Å². The number of aromatic nitrogens is 2. The Hall–Kier alpha value is -0.360. The number of hydrogen-bond donors (Lipinski definition) is 1. The van der Waals surface area contributed by atoms with Gasteiger partial charge in [0.2, 0.25) is 0 Å². The van der Waals surface area contributed by atoms with Crippen LogP contribution in [0.15, 0.2) is 11.4 Å². The van der Waals surface area contributed by atoms with Crippen molar-refractivity contribution in [1.82, 2.24) is 9.59 Å². The molecule has 0 aromatic carbocycles. The molecule has 2 rings (SSSR count). The Labute approximate surface area is 98.8 Å². The molecule has 0 spiro atoms. The molecule has 3 nitrogen and oxygen atoms in total. The Morgan fingerprint density at radius 3 is 2.79 bits per heavy atom. The first-order chi connectivity index (χ1) is 6.77. The van der Waals surface area contributed by atoms with Crippen LogP contribution in [0.25, 0.3) is 0 Å². The van der Waals surface area contributed by atoms with Crippen molar-refractivity contribution in [3.8, 4) is 0 Å². The molecule has 0 saturated heterocycles. The summed E-state index contributed by atoms with van der Waals surface area (Å²) in [5.41, 5.74) is 1.65. The Bertz CT molecular complexity index is 386. The van der Waals surface area contributed by atoms with E-state index in [9.17, 15) is 0 Å². The van der Waals surface area contributed by atoms with E-state index in [-0.39, 0.29) is 0 Å². The third kappa shape index (κ3) is 2.17. The van der Waals surface area contributed by atoms with E-state index in [1.807, 2.05) is 11.4 Å². The maximum absolute atomic E-state index is 5.91. The molecular formula is C7H5Cl2N3S2. The summed E-state index contributed by atoms with van der Waals surface area (Å²) in [6.45, 7) is 0.547. The first-order valence-electron chi connectivity index (χ1n) is 3.71. The molecule has 0 aliphatic heterocycles. The van der Waals surface area contributed by atoms with Gasteiger partial charge in [0.05, 0.1) is 12.2 Å². The summed E-state index contributed by atoms with van der Waals surface area (Å²) in [5.74, 6) is 0. The second-order valence-electron chi connectivity index (χ2n) is 2.45. The minimum atomic E-state index is 0.547. The summed E-state index contributed by atoms with van der Waals surface area (Å²) in [6.07, 6.45) is 0. The lowest BCUT2D eigenvalue weighted by molar-refractivity contribution is 1.000. The molecule has 0 saturated carbocycles. The molecule has 0 atom stereocenters. The summed E-state index contributed by atoms with van der Waals surface area (Å²) in [5, 5.41) is 8.94. The fraction of sp³-hybridized carbons (Fsp3) is 0.143. The molecule has 0 aliphatic rings. The lowest BCUT2D eigenvalue weighted by atomic mass is 10.4. The van der Waals surface area contributed by atoms with Gasteiger partial charge in [-0.1, -0.05) is 27.7 Å². The van der Waals surface area contributed by atoms with Crippen LogP contribution >= 0.6 is 46.1 Å². The zero-order chi connectivity index (χ0) is 9.97. The van der Waals surface area contributed by atoms with Crippen molar-refractivity contribution in [3.05, 3.63) is 25.8 Å². The molecule has 0 aliphatic carbocycles. The van der Waals surface area contributed by atoms with Crippen molar-refractivity contribution in [2.75, 3.05) is 5.32 Å². The molecule has 0 radical (unpaired) electrons. The molecule has 2 aromatic heterocycles. The van der Waals surface area contributed by atoms with E-state index in [1.54, 1.807) is 0 Å². The van der Waals surface area contributed by atoms with Gasteiger partial charge in [0.1, 0.15) is 14.4 Å². The maximum Gasteiger partial charge on any atom is 0.139 e. The van der Waals surface area contributed by atoms with E-state index < -0.39 is 0 Å². The number of nitrogens with zero attached hydrogens (tertiary/aromatic N) is 2. The van der Waals surface area contributed by atoms with Gasteiger partial charge in [-0.25, -0.2) is 0 Å². The summed E-state index contributed by atoms with van der Waals surface area (Å²) in [6, 6.07) is 1.92. The highest BCUT2D eigenvalue weighted by Gasteiger charge is 2.06. The van der Waals surface area contributed by atoms with Gasteiger partial charge >= 0.3 is 0 Å². The molecule has 0 amide bonds. The average molecular weight is 266 g/mol. The van der Waals surface area contributed by atoms with Gasteiger partial charge < -0.3 is 5.32 Å². The van der Waals surface area contributed by atoms with E-state index in [2.05, 4.69) is 14.9 Å². The highest BCUT2D eigenvalue weighted by atomic mass is 35.5. The molecule has 0 unspecified atom stereocenters. The van der Waals surface area contributed by atoms with E-state index in [0.29, 0.717) is 10.9 Å². The van der Waals surface area contributed by atoms with Crippen LogP contribution in [0.5, 0.6) is 0 Å². The van der Waals surface area contributed by atoms with Crippen molar-refractivity contribution < 1.29 is 0 Å². The molecule has 0 bridgehead atoms. The standard InChI is InChI=1S/C7H5Cl2N3S2/c8-6-4(1-2-13-6)10-3-5-7(9)14-12-11-5/h1-2,10H,3H2.